The summed E-state index contributed by atoms with van der Waals surface area (Å²) in [5.41, 5.74) is 1.35. The smallest absolute Gasteiger partial charge is 0.273 e. The minimum atomic E-state index is -0.627. The number of rotatable bonds is 2. The molecule has 0 aliphatic heterocycles. The molecule has 5 heteroatoms. The minimum absolute atomic E-state index is 0.145. The standard InChI is InChI=1S/C11H6Cl2N2O/c12-8-3-1-7(2-4-8)9-10(11(13)16)15-6-5-14-9/h1-6H. The Bertz CT molecular complexity index is 526. The number of hydrogen-bond acceptors (Lipinski definition) is 3. The fourth-order valence-corrected chi connectivity index (χ4v) is 1.57. The van der Waals surface area contributed by atoms with E-state index in [9.17, 15) is 4.79 Å². The van der Waals surface area contributed by atoms with Crippen molar-refractivity contribution in [3.63, 3.8) is 0 Å². The highest BCUT2D eigenvalue weighted by Crippen LogP contribution is 2.22. The molecule has 0 unspecified atom stereocenters. The van der Waals surface area contributed by atoms with Crippen molar-refractivity contribution >= 4 is 28.4 Å². The maximum Gasteiger partial charge on any atom is 0.273 e. The van der Waals surface area contributed by atoms with Crippen LogP contribution in [0.4, 0.5) is 0 Å². The second kappa shape index (κ2) is 4.60. The SMILES string of the molecule is O=C(Cl)c1nccnc1-c1ccc(Cl)cc1. The zero-order valence-corrected chi connectivity index (χ0v) is 9.53. The highest BCUT2D eigenvalue weighted by molar-refractivity contribution is 6.67. The molecule has 0 atom stereocenters. The number of nitrogens with zero attached hydrogens (tertiary/aromatic N) is 2. The molecule has 0 amide bonds. The van der Waals surface area contributed by atoms with Crippen LogP contribution in [-0.4, -0.2) is 15.2 Å². The quantitative estimate of drug-likeness (QED) is 0.772. The van der Waals surface area contributed by atoms with E-state index in [0.717, 1.165) is 5.56 Å². The van der Waals surface area contributed by atoms with Gasteiger partial charge in [-0.15, -0.1) is 0 Å². The Morgan fingerprint density at radius 1 is 1.06 bits per heavy atom. The van der Waals surface area contributed by atoms with E-state index in [0.29, 0.717) is 10.7 Å². The molecule has 2 rings (SSSR count). The van der Waals surface area contributed by atoms with Crippen LogP contribution in [-0.2, 0) is 0 Å². The van der Waals surface area contributed by atoms with E-state index in [1.165, 1.54) is 12.4 Å². The van der Waals surface area contributed by atoms with Crippen molar-refractivity contribution in [2.45, 2.75) is 0 Å². The van der Waals surface area contributed by atoms with Gasteiger partial charge in [-0.3, -0.25) is 9.78 Å². The summed E-state index contributed by atoms with van der Waals surface area (Å²) in [4.78, 5) is 19.1. The van der Waals surface area contributed by atoms with Gasteiger partial charge in [-0.05, 0) is 23.7 Å². The van der Waals surface area contributed by atoms with E-state index in [2.05, 4.69) is 9.97 Å². The fourth-order valence-electron chi connectivity index (χ4n) is 1.30. The van der Waals surface area contributed by atoms with Crippen LogP contribution in [0.3, 0.4) is 0 Å². The number of benzene rings is 1. The summed E-state index contributed by atoms with van der Waals surface area (Å²) in [6.07, 6.45) is 2.93. The van der Waals surface area contributed by atoms with E-state index in [1.807, 2.05) is 0 Å². The van der Waals surface area contributed by atoms with Gasteiger partial charge in [-0.2, -0.15) is 0 Å². The van der Waals surface area contributed by atoms with Gasteiger partial charge in [-0.1, -0.05) is 23.7 Å². The normalized spacial score (nSPS) is 10.1. The number of aromatic nitrogens is 2. The number of carbonyl (C=O) groups is 1. The lowest BCUT2D eigenvalue weighted by molar-refractivity contribution is 0.107. The molecule has 16 heavy (non-hydrogen) atoms. The highest BCUT2D eigenvalue weighted by Gasteiger charge is 2.12. The monoisotopic (exact) mass is 252 g/mol. The van der Waals surface area contributed by atoms with Crippen molar-refractivity contribution in [1.29, 1.82) is 0 Å². The minimum Gasteiger partial charge on any atom is -0.274 e. The summed E-state index contributed by atoms with van der Waals surface area (Å²) in [6, 6.07) is 6.95. The van der Waals surface area contributed by atoms with E-state index >= 15 is 0 Å². The zero-order valence-electron chi connectivity index (χ0n) is 8.02. The van der Waals surface area contributed by atoms with Crippen LogP contribution in [0, 0.1) is 0 Å². The van der Waals surface area contributed by atoms with Gasteiger partial charge in [0.2, 0.25) is 0 Å². The van der Waals surface area contributed by atoms with E-state index < -0.39 is 5.24 Å². The molecule has 80 valence electrons. The third kappa shape index (κ3) is 2.21. The second-order valence-electron chi connectivity index (χ2n) is 3.03. The molecule has 0 spiro atoms. The average Bonchev–Trinajstić information content (AvgIpc) is 2.30. The first-order chi connectivity index (χ1) is 7.68. The molecule has 0 bridgehead atoms. The first-order valence-electron chi connectivity index (χ1n) is 4.45. The molecule has 1 heterocycles. The van der Waals surface area contributed by atoms with Gasteiger partial charge in [-0.25, -0.2) is 4.98 Å². The lowest BCUT2D eigenvalue weighted by Gasteiger charge is -2.03. The Balaban J connectivity index is 2.55. The average molecular weight is 253 g/mol. The van der Waals surface area contributed by atoms with E-state index in [-0.39, 0.29) is 5.69 Å². The highest BCUT2D eigenvalue weighted by atomic mass is 35.5. The molecule has 0 saturated heterocycles. The van der Waals surface area contributed by atoms with Gasteiger partial charge in [0.25, 0.3) is 5.24 Å². The van der Waals surface area contributed by atoms with Crippen molar-refractivity contribution in [1.82, 2.24) is 9.97 Å². The fraction of sp³-hybridized carbons (Fsp3) is 0. The topological polar surface area (TPSA) is 42.9 Å². The Labute approximate surface area is 102 Å². The number of halogens is 2. The van der Waals surface area contributed by atoms with Crippen LogP contribution in [0.2, 0.25) is 5.02 Å². The molecule has 1 aromatic heterocycles. The summed E-state index contributed by atoms with van der Waals surface area (Å²) in [5.74, 6) is 0. The summed E-state index contributed by atoms with van der Waals surface area (Å²) in [7, 11) is 0. The molecule has 0 fully saturated rings. The van der Waals surface area contributed by atoms with Crippen LogP contribution < -0.4 is 0 Å². The van der Waals surface area contributed by atoms with Crippen LogP contribution in [0.25, 0.3) is 11.3 Å². The molecule has 2 aromatic rings. The molecule has 3 nitrogen and oxygen atoms in total. The van der Waals surface area contributed by atoms with Gasteiger partial charge in [0.1, 0.15) is 11.4 Å². The first-order valence-corrected chi connectivity index (χ1v) is 5.21. The van der Waals surface area contributed by atoms with Crippen LogP contribution in [0.5, 0.6) is 0 Å². The molecule has 0 aliphatic rings. The molecular weight excluding hydrogens is 247 g/mol. The Morgan fingerprint density at radius 2 is 1.69 bits per heavy atom. The number of hydrogen-bond donors (Lipinski definition) is 0. The Morgan fingerprint density at radius 3 is 2.31 bits per heavy atom. The second-order valence-corrected chi connectivity index (χ2v) is 3.81. The van der Waals surface area contributed by atoms with Crippen molar-refractivity contribution in [2.75, 3.05) is 0 Å². The summed E-state index contributed by atoms with van der Waals surface area (Å²) >= 11 is 11.2. The third-order valence-electron chi connectivity index (χ3n) is 2.00. The lowest BCUT2D eigenvalue weighted by Crippen LogP contribution is -1.99. The molecule has 0 N–H and O–H groups in total. The largest absolute Gasteiger partial charge is 0.274 e. The lowest BCUT2D eigenvalue weighted by atomic mass is 10.1. The number of carbonyl (C=O) groups excluding carboxylic acids is 1. The van der Waals surface area contributed by atoms with Crippen molar-refractivity contribution < 1.29 is 4.79 Å². The van der Waals surface area contributed by atoms with Crippen LogP contribution >= 0.6 is 23.2 Å². The van der Waals surface area contributed by atoms with Crippen LogP contribution in [0.1, 0.15) is 10.5 Å². The van der Waals surface area contributed by atoms with Gasteiger partial charge in [0, 0.05) is 23.0 Å². The van der Waals surface area contributed by atoms with E-state index in [4.69, 9.17) is 23.2 Å². The predicted octanol–water partition coefficient (Wildman–Crippen LogP) is 3.18. The molecular formula is C11H6Cl2N2O. The Kier molecular flexibility index (Phi) is 3.17. The third-order valence-corrected chi connectivity index (χ3v) is 2.43. The first kappa shape index (κ1) is 11.0. The molecule has 0 saturated carbocycles. The van der Waals surface area contributed by atoms with Crippen molar-refractivity contribution in [3.8, 4) is 11.3 Å². The van der Waals surface area contributed by atoms with Crippen LogP contribution in [0.15, 0.2) is 36.7 Å². The molecule has 0 radical (unpaired) electrons. The van der Waals surface area contributed by atoms with Gasteiger partial charge in [0.15, 0.2) is 0 Å². The van der Waals surface area contributed by atoms with Gasteiger partial charge >= 0.3 is 0 Å². The van der Waals surface area contributed by atoms with Crippen molar-refractivity contribution in [2.24, 2.45) is 0 Å². The maximum absolute atomic E-state index is 11.1. The zero-order chi connectivity index (χ0) is 11.5. The molecule has 1 aromatic carbocycles. The summed E-state index contributed by atoms with van der Waals surface area (Å²) in [6.45, 7) is 0. The summed E-state index contributed by atoms with van der Waals surface area (Å²) in [5, 5.41) is -0.00978. The van der Waals surface area contributed by atoms with Gasteiger partial charge in [0.05, 0.1) is 0 Å². The predicted molar refractivity (Wildman–Crippen MR) is 62.7 cm³/mol. The summed E-state index contributed by atoms with van der Waals surface area (Å²) < 4.78 is 0. The van der Waals surface area contributed by atoms with E-state index in [1.54, 1.807) is 24.3 Å². The van der Waals surface area contributed by atoms with Gasteiger partial charge < -0.3 is 0 Å². The van der Waals surface area contributed by atoms with Crippen molar-refractivity contribution in [3.05, 3.63) is 47.4 Å². The Hall–Kier alpha value is -1.45. The maximum atomic E-state index is 11.1. The molecule has 0 aliphatic carbocycles.